The molecule has 26 heavy (non-hydrogen) atoms. The van der Waals surface area contributed by atoms with Crippen LogP contribution in [0.15, 0.2) is 12.1 Å². The predicted octanol–water partition coefficient (Wildman–Crippen LogP) is 4.69. The number of ether oxygens (including phenoxy) is 2. The SMILES string of the molecule is CCCCCOC(=O)C(CC)(CC)C(=O)OCc1cc(F)c(F)cc1F. The molecule has 0 saturated carbocycles. The fourth-order valence-corrected chi connectivity index (χ4v) is 2.52. The molecule has 4 nitrogen and oxygen atoms in total. The molecule has 0 aliphatic carbocycles. The summed E-state index contributed by atoms with van der Waals surface area (Å²) in [7, 11) is 0. The van der Waals surface area contributed by atoms with Crippen molar-refractivity contribution in [2.24, 2.45) is 5.41 Å². The Morgan fingerprint density at radius 2 is 1.46 bits per heavy atom. The van der Waals surface area contributed by atoms with Crippen molar-refractivity contribution in [1.29, 1.82) is 0 Å². The van der Waals surface area contributed by atoms with E-state index in [0.29, 0.717) is 18.6 Å². The van der Waals surface area contributed by atoms with Crippen molar-refractivity contribution in [3.63, 3.8) is 0 Å². The molecule has 0 spiro atoms. The minimum Gasteiger partial charge on any atom is -0.465 e. The van der Waals surface area contributed by atoms with E-state index in [2.05, 4.69) is 0 Å². The molecule has 1 aromatic rings. The Morgan fingerprint density at radius 1 is 0.885 bits per heavy atom. The van der Waals surface area contributed by atoms with Gasteiger partial charge in [-0.15, -0.1) is 0 Å². The molecule has 0 aliphatic rings. The lowest BCUT2D eigenvalue weighted by atomic mass is 9.82. The highest BCUT2D eigenvalue weighted by Crippen LogP contribution is 2.31. The Morgan fingerprint density at radius 3 is 2.04 bits per heavy atom. The smallest absolute Gasteiger partial charge is 0.323 e. The molecule has 0 atom stereocenters. The van der Waals surface area contributed by atoms with Crippen molar-refractivity contribution in [3.8, 4) is 0 Å². The van der Waals surface area contributed by atoms with Crippen LogP contribution >= 0.6 is 0 Å². The zero-order valence-corrected chi connectivity index (χ0v) is 15.4. The highest BCUT2D eigenvalue weighted by Gasteiger charge is 2.46. The fourth-order valence-electron chi connectivity index (χ4n) is 2.52. The average molecular weight is 374 g/mol. The minimum atomic E-state index is -1.50. The van der Waals surface area contributed by atoms with Gasteiger partial charge in [-0.2, -0.15) is 0 Å². The first-order valence-electron chi connectivity index (χ1n) is 8.80. The summed E-state index contributed by atoms with van der Waals surface area (Å²) in [6, 6.07) is 1.01. The lowest BCUT2D eigenvalue weighted by Gasteiger charge is -2.27. The van der Waals surface area contributed by atoms with E-state index < -0.39 is 41.4 Å². The standard InChI is InChI=1S/C19H25F3O4/c1-4-7-8-9-25-17(23)19(5-2,6-3)18(24)26-12-13-10-15(21)16(22)11-14(13)20/h10-11H,4-9,12H2,1-3H3. The molecule has 7 heteroatoms. The van der Waals surface area contributed by atoms with Gasteiger partial charge in [0.15, 0.2) is 17.0 Å². The molecule has 0 bridgehead atoms. The first kappa shape index (κ1) is 22.0. The second-order valence-corrected chi connectivity index (χ2v) is 6.07. The molecule has 1 rings (SSSR count). The van der Waals surface area contributed by atoms with Gasteiger partial charge >= 0.3 is 11.9 Å². The summed E-state index contributed by atoms with van der Waals surface area (Å²) in [5.41, 5.74) is -1.81. The van der Waals surface area contributed by atoms with E-state index in [4.69, 9.17) is 9.47 Å². The number of benzene rings is 1. The summed E-state index contributed by atoms with van der Waals surface area (Å²) in [6.07, 6.45) is 2.86. The van der Waals surface area contributed by atoms with Crippen molar-refractivity contribution in [3.05, 3.63) is 35.1 Å². The van der Waals surface area contributed by atoms with Crippen molar-refractivity contribution >= 4 is 11.9 Å². The van der Waals surface area contributed by atoms with Crippen molar-refractivity contribution < 1.29 is 32.2 Å². The Bertz CT molecular complexity index is 627. The van der Waals surface area contributed by atoms with E-state index >= 15 is 0 Å². The third kappa shape index (κ3) is 5.22. The van der Waals surface area contributed by atoms with Crippen LogP contribution in [0.4, 0.5) is 13.2 Å². The van der Waals surface area contributed by atoms with Gasteiger partial charge in [-0.05, 0) is 25.3 Å². The molecule has 0 heterocycles. The third-order valence-corrected chi connectivity index (χ3v) is 4.42. The average Bonchev–Trinajstić information content (AvgIpc) is 2.62. The largest absolute Gasteiger partial charge is 0.465 e. The van der Waals surface area contributed by atoms with Crippen molar-refractivity contribution in [1.82, 2.24) is 0 Å². The Labute approximate surface area is 151 Å². The van der Waals surface area contributed by atoms with Gasteiger partial charge in [-0.3, -0.25) is 9.59 Å². The quantitative estimate of drug-likeness (QED) is 0.258. The van der Waals surface area contributed by atoms with Gasteiger partial charge in [0.2, 0.25) is 0 Å². The lowest BCUT2D eigenvalue weighted by Crippen LogP contribution is -2.41. The van der Waals surface area contributed by atoms with Crippen LogP contribution < -0.4 is 0 Å². The molecule has 0 saturated heterocycles. The van der Waals surface area contributed by atoms with E-state index in [9.17, 15) is 22.8 Å². The Hall–Kier alpha value is -2.05. The van der Waals surface area contributed by atoms with Gasteiger partial charge in [0, 0.05) is 11.6 Å². The van der Waals surface area contributed by atoms with Crippen molar-refractivity contribution in [2.45, 2.75) is 59.5 Å². The van der Waals surface area contributed by atoms with Gasteiger partial charge in [-0.1, -0.05) is 33.6 Å². The molecule has 146 valence electrons. The number of hydrogen-bond donors (Lipinski definition) is 0. The maximum atomic E-state index is 13.6. The van der Waals surface area contributed by atoms with Crippen LogP contribution in [0.5, 0.6) is 0 Å². The normalized spacial score (nSPS) is 11.3. The second-order valence-electron chi connectivity index (χ2n) is 6.07. The molecular formula is C19H25F3O4. The molecule has 1 aromatic carbocycles. The van der Waals surface area contributed by atoms with Crippen LogP contribution in [-0.2, 0) is 25.7 Å². The Kier molecular flexibility index (Phi) is 8.61. The van der Waals surface area contributed by atoms with Crippen LogP contribution in [0.2, 0.25) is 0 Å². The van der Waals surface area contributed by atoms with Gasteiger partial charge < -0.3 is 9.47 Å². The maximum Gasteiger partial charge on any atom is 0.323 e. The summed E-state index contributed by atoms with van der Waals surface area (Å²) in [6.45, 7) is 4.91. The molecule has 0 N–H and O–H groups in total. The number of hydrogen-bond acceptors (Lipinski definition) is 4. The van der Waals surface area contributed by atoms with E-state index in [1.54, 1.807) is 13.8 Å². The monoisotopic (exact) mass is 374 g/mol. The van der Waals surface area contributed by atoms with E-state index in [1.807, 2.05) is 6.92 Å². The number of carbonyl (C=O) groups excluding carboxylic acids is 2. The summed E-state index contributed by atoms with van der Waals surface area (Å²) >= 11 is 0. The zero-order chi connectivity index (χ0) is 19.7. The highest BCUT2D eigenvalue weighted by atomic mass is 19.2. The third-order valence-electron chi connectivity index (χ3n) is 4.42. The molecule has 0 radical (unpaired) electrons. The summed E-state index contributed by atoms with van der Waals surface area (Å²) in [4.78, 5) is 24.9. The first-order valence-corrected chi connectivity index (χ1v) is 8.80. The first-order chi connectivity index (χ1) is 12.3. The van der Waals surface area contributed by atoms with Gasteiger partial charge in [-0.25, -0.2) is 13.2 Å². The van der Waals surface area contributed by atoms with Gasteiger partial charge in [0.05, 0.1) is 6.61 Å². The predicted molar refractivity (Wildman–Crippen MR) is 89.6 cm³/mol. The molecule has 0 unspecified atom stereocenters. The molecule has 0 aliphatic heterocycles. The molecule has 0 fully saturated rings. The molecule has 0 amide bonds. The zero-order valence-electron chi connectivity index (χ0n) is 15.4. The molecular weight excluding hydrogens is 349 g/mol. The van der Waals surface area contributed by atoms with Gasteiger partial charge in [0.1, 0.15) is 12.4 Å². The topological polar surface area (TPSA) is 52.6 Å². The van der Waals surface area contributed by atoms with E-state index in [-0.39, 0.29) is 25.0 Å². The van der Waals surface area contributed by atoms with Crippen LogP contribution in [0.1, 0.15) is 58.4 Å². The number of carbonyl (C=O) groups is 2. The van der Waals surface area contributed by atoms with Crippen LogP contribution in [0.25, 0.3) is 0 Å². The highest BCUT2D eigenvalue weighted by molar-refractivity contribution is 5.99. The number of esters is 2. The number of rotatable bonds is 10. The maximum absolute atomic E-state index is 13.6. The number of unbranched alkanes of at least 4 members (excludes halogenated alkanes) is 2. The lowest BCUT2D eigenvalue weighted by molar-refractivity contribution is -0.174. The Balaban J connectivity index is 2.81. The summed E-state index contributed by atoms with van der Waals surface area (Å²) in [5, 5.41) is 0. The summed E-state index contributed by atoms with van der Waals surface area (Å²) < 4.78 is 50.1. The summed E-state index contributed by atoms with van der Waals surface area (Å²) in [5.74, 6) is -5.16. The van der Waals surface area contributed by atoms with E-state index in [0.717, 1.165) is 12.8 Å². The van der Waals surface area contributed by atoms with Crippen molar-refractivity contribution in [2.75, 3.05) is 6.61 Å². The second kappa shape index (κ2) is 10.2. The molecule has 0 aromatic heterocycles. The fraction of sp³-hybridized carbons (Fsp3) is 0.579. The number of halogens is 3. The van der Waals surface area contributed by atoms with Crippen LogP contribution in [-0.4, -0.2) is 18.5 Å². The van der Waals surface area contributed by atoms with Gasteiger partial charge in [0.25, 0.3) is 0 Å². The van der Waals surface area contributed by atoms with Crippen LogP contribution in [0, 0.1) is 22.9 Å². The minimum absolute atomic E-state index is 0.148. The van der Waals surface area contributed by atoms with E-state index in [1.165, 1.54) is 0 Å². The van der Waals surface area contributed by atoms with Crippen LogP contribution in [0.3, 0.4) is 0 Å².